The van der Waals surface area contributed by atoms with Crippen molar-refractivity contribution in [3.63, 3.8) is 0 Å². The third kappa shape index (κ3) is 4.50. The van der Waals surface area contributed by atoms with Gasteiger partial charge in [0.2, 0.25) is 15.9 Å². The first-order valence-electron chi connectivity index (χ1n) is 6.73. The predicted octanol–water partition coefficient (Wildman–Crippen LogP) is 2.92. The first kappa shape index (κ1) is 18.3. The van der Waals surface area contributed by atoms with Crippen molar-refractivity contribution in [2.75, 3.05) is 5.32 Å². The van der Waals surface area contributed by atoms with E-state index in [4.69, 9.17) is 11.6 Å². The van der Waals surface area contributed by atoms with E-state index in [-0.39, 0.29) is 10.6 Å². The van der Waals surface area contributed by atoms with E-state index in [9.17, 15) is 22.0 Å². The summed E-state index contributed by atoms with van der Waals surface area (Å²) in [5.41, 5.74) is -0.251. The van der Waals surface area contributed by atoms with Gasteiger partial charge in [0, 0.05) is 11.1 Å². The topological polar surface area (TPSA) is 75.3 Å². The van der Waals surface area contributed by atoms with Crippen LogP contribution in [0, 0.1) is 11.6 Å². The fourth-order valence-corrected chi connectivity index (χ4v) is 3.13. The highest BCUT2D eigenvalue weighted by molar-refractivity contribution is 7.89. The van der Waals surface area contributed by atoms with Crippen LogP contribution in [0.1, 0.15) is 6.92 Å². The minimum atomic E-state index is -3.95. The lowest BCUT2D eigenvalue weighted by Crippen LogP contribution is -2.41. The zero-order chi connectivity index (χ0) is 17.9. The Kier molecular flexibility index (Phi) is 5.53. The van der Waals surface area contributed by atoms with Gasteiger partial charge >= 0.3 is 0 Å². The monoisotopic (exact) mass is 374 g/mol. The van der Waals surface area contributed by atoms with E-state index in [1.54, 1.807) is 0 Å². The molecule has 0 spiro atoms. The molecule has 1 unspecified atom stereocenters. The van der Waals surface area contributed by atoms with Crippen molar-refractivity contribution in [2.45, 2.75) is 17.9 Å². The zero-order valence-corrected chi connectivity index (χ0v) is 14.0. The van der Waals surface area contributed by atoms with E-state index >= 15 is 0 Å². The Morgan fingerprint density at radius 1 is 1.12 bits per heavy atom. The molecule has 0 heterocycles. The molecule has 0 saturated heterocycles. The molecule has 2 aromatic carbocycles. The summed E-state index contributed by atoms with van der Waals surface area (Å²) >= 11 is 5.69. The Bertz CT molecular complexity index is 858. The zero-order valence-electron chi connectivity index (χ0n) is 12.4. The Hall–Kier alpha value is -2.03. The van der Waals surface area contributed by atoms with E-state index in [0.717, 1.165) is 12.1 Å². The van der Waals surface area contributed by atoms with Crippen LogP contribution < -0.4 is 10.0 Å². The van der Waals surface area contributed by atoms with Gasteiger partial charge in [0.15, 0.2) is 0 Å². The van der Waals surface area contributed by atoms with Gasteiger partial charge in [-0.2, -0.15) is 4.72 Å². The molecule has 0 fully saturated rings. The summed E-state index contributed by atoms with van der Waals surface area (Å²) in [6, 6.07) is 6.81. The summed E-state index contributed by atoms with van der Waals surface area (Å²) in [7, 11) is -3.95. The second-order valence-electron chi connectivity index (χ2n) is 4.91. The van der Waals surface area contributed by atoms with Gasteiger partial charge < -0.3 is 5.32 Å². The summed E-state index contributed by atoms with van der Waals surface area (Å²) in [6.07, 6.45) is 0. The molecule has 2 rings (SSSR count). The number of carbonyl (C=O) groups excluding carboxylic acids is 1. The van der Waals surface area contributed by atoms with Crippen LogP contribution in [0.15, 0.2) is 47.4 Å². The maximum absolute atomic E-state index is 13.5. The van der Waals surface area contributed by atoms with Gasteiger partial charge in [-0.25, -0.2) is 17.2 Å². The predicted molar refractivity (Wildman–Crippen MR) is 86.2 cm³/mol. The van der Waals surface area contributed by atoms with E-state index < -0.39 is 33.6 Å². The Balaban J connectivity index is 2.09. The van der Waals surface area contributed by atoms with Crippen molar-refractivity contribution in [3.8, 4) is 0 Å². The number of nitrogens with one attached hydrogen (secondary N) is 2. The fraction of sp³-hybridized carbons (Fsp3) is 0.133. The molecule has 0 saturated carbocycles. The highest BCUT2D eigenvalue weighted by Crippen LogP contribution is 2.16. The van der Waals surface area contributed by atoms with Crippen LogP contribution in [-0.4, -0.2) is 20.4 Å². The highest BCUT2D eigenvalue weighted by atomic mass is 35.5. The molecule has 0 bridgehead atoms. The molecule has 1 atom stereocenters. The molecule has 5 nitrogen and oxygen atoms in total. The normalized spacial score (nSPS) is 12.7. The molecule has 0 aliphatic heterocycles. The number of anilines is 1. The summed E-state index contributed by atoms with van der Waals surface area (Å²) < 4.78 is 52.8. The van der Waals surface area contributed by atoms with Crippen molar-refractivity contribution >= 4 is 33.2 Å². The van der Waals surface area contributed by atoms with Crippen LogP contribution in [0.5, 0.6) is 0 Å². The van der Waals surface area contributed by atoms with Crippen LogP contribution >= 0.6 is 11.6 Å². The van der Waals surface area contributed by atoms with E-state index in [2.05, 4.69) is 10.0 Å². The van der Waals surface area contributed by atoms with Crippen LogP contribution in [0.25, 0.3) is 0 Å². The molecule has 0 aliphatic rings. The lowest BCUT2D eigenvalue weighted by Gasteiger charge is -2.15. The van der Waals surface area contributed by atoms with E-state index in [1.807, 2.05) is 0 Å². The Morgan fingerprint density at radius 2 is 1.75 bits per heavy atom. The number of amides is 1. The largest absolute Gasteiger partial charge is 0.322 e. The van der Waals surface area contributed by atoms with Gasteiger partial charge in [0.05, 0.1) is 16.6 Å². The van der Waals surface area contributed by atoms with E-state index in [1.165, 1.54) is 31.2 Å². The molecular weight excluding hydrogens is 362 g/mol. The molecular formula is C15H13ClF2N2O3S. The van der Waals surface area contributed by atoms with Gasteiger partial charge in [0.1, 0.15) is 11.6 Å². The van der Waals surface area contributed by atoms with Gasteiger partial charge in [-0.3, -0.25) is 4.79 Å². The van der Waals surface area contributed by atoms with E-state index in [0.29, 0.717) is 11.1 Å². The third-order valence-corrected chi connectivity index (χ3v) is 4.85. The quantitative estimate of drug-likeness (QED) is 0.845. The number of sulfonamides is 1. The first-order valence-corrected chi connectivity index (χ1v) is 8.59. The highest BCUT2D eigenvalue weighted by Gasteiger charge is 2.22. The van der Waals surface area contributed by atoms with Crippen LogP contribution in [0.4, 0.5) is 14.5 Å². The molecule has 128 valence electrons. The SMILES string of the molecule is CC(NS(=O)(=O)c1ccc(Cl)cc1)C(=O)Nc1ccc(F)cc1F. The number of carbonyl (C=O) groups is 1. The second-order valence-corrected chi connectivity index (χ2v) is 7.06. The van der Waals surface area contributed by atoms with Gasteiger partial charge in [-0.1, -0.05) is 11.6 Å². The summed E-state index contributed by atoms with van der Waals surface area (Å²) in [5, 5.41) is 2.56. The summed E-state index contributed by atoms with van der Waals surface area (Å²) in [6.45, 7) is 1.30. The lowest BCUT2D eigenvalue weighted by molar-refractivity contribution is -0.117. The summed E-state index contributed by atoms with van der Waals surface area (Å²) in [5.74, 6) is -2.55. The first-order chi connectivity index (χ1) is 11.2. The van der Waals surface area contributed by atoms with Crippen molar-refractivity contribution in [1.82, 2.24) is 4.72 Å². The second kappa shape index (κ2) is 7.25. The fourth-order valence-electron chi connectivity index (χ4n) is 1.80. The summed E-state index contributed by atoms with van der Waals surface area (Å²) in [4.78, 5) is 11.9. The van der Waals surface area contributed by atoms with Gasteiger partial charge in [-0.05, 0) is 43.3 Å². The Labute approximate surface area is 142 Å². The molecule has 2 aromatic rings. The van der Waals surface area contributed by atoms with Crippen LogP contribution in [0.3, 0.4) is 0 Å². The van der Waals surface area contributed by atoms with Crippen molar-refractivity contribution in [1.29, 1.82) is 0 Å². The third-order valence-electron chi connectivity index (χ3n) is 3.04. The van der Waals surface area contributed by atoms with Gasteiger partial charge in [-0.15, -0.1) is 0 Å². The maximum Gasteiger partial charge on any atom is 0.242 e. The molecule has 2 N–H and O–H groups in total. The van der Waals surface area contributed by atoms with Crippen molar-refractivity contribution in [2.24, 2.45) is 0 Å². The van der Waals surface area contributed by atoms with Crippen molar-refractivity contribution in [3.05, 3.63) is 59.1 Å². The Morgan fingerprint density at radius 3 is 2.33 bits per heavy atom. The minimum absolute atomic E-state index is 0.0699. The molecule has 0 aromatic heterocycles. The molecule has 9 heteroatoms. The molecule has 24 heavy (non-hydrogen) atoms. The van der Waals surface area contributed by atoms with Crippen molar-refractivity contribution < 1.29 is 22.0 Å². The number of rotatable bonds is 5. The van der Waals surface area contributed by atoms with Crippen LogP contribution in [-0.2, 0) is 14.8 Å². The number of benzene rings is 2. The van der Waals surface area contributed by atoms with Gasteiger partial charge in [0.25, 0.3) is 0 Å². The van der Waals surface area contributed by atoms with Crippen LogP contribution in [0.2, 0.25) is 5.02 Å². The smallest absolute Gasteiger partial charge is 0.242 e. The average Bonchev–Trinajstić information content (AvgIpc) is 2.50. The standard InChI is InChI=1S/C15H13ClF2N2O3S/c1-9(15(21)19-14-7-4-11(17)8-13(14)18)20-24(22,23)12-5-2-10(16)3-6-12/h2-9,20H,1H3,(H,19,21). The number of hydrogen-bond acceptors (Lipinski definition) is 3. The number of halogens is 3. The minimum Gasteiger partial charge on any atom is -0.322 e. The number of hydrogen-bond donors (Lipinski definition) is 2. The lowest BCUT2D eigenvalue weighted by atomic mass is 10.2. The molecule has 0 radical (unpaired) electrons. The molecule has 0 aliphatic carbocycles. The maximum atomic E-state index is 13.5. The average molecular weight is 375 g/mol. The molecule has 1 amide bonds.